The Morgan fingerprint density at radius 1 is 1.21 bits per heavy atom. The lowest BCUT2D eigenvalue weighted by molar-refractivity contribution is -0.137. The van der Waals surface area contributed by atoms with Gasteiger partial charge in [0.2, 0.25) is 5.91 Å². The van der Waals surface area contributed by atoms with Crippen molar-refractivity contribution < 1.29 is 22.7 Å². The number of benzene rings is 1. The van der Waals surface area contributed by atoms with Gasteiger partial charge in [-0.05, 0) is 64.8 Å². The fraction of sp³-hybridized carbons (Fsp3) is 0.625. The first-order valence-electron chi connectivity index (χ1n) is 11.7. The molecule has 34 heavy (non-hydrogen) atoms. The molecule has 1 saturated carbocycles. The van der Waals surface area contributed by atoms with Gasteiger partial charge in [-0.1, -0.05) is 0 Å². The monoisotopic (exact) mass is 479 g/mol. The smallest absolute Gasteiger partial charge is 0.379 e. The number of carbonyl (C=O) groups excluding carboxylic acids is 1. The number of hydrogen-bond acceptors (Lipinski definition) is 6. The summed E-state index contributed by atoms with van der Waals surface area (Å²) in [6.45, 7) is 4.91. The third-order valence-corrected chi connectivity index (χ3v) is 7.34. The lowest BCUT2D eigenvalue weighted by Crippen LogP contribution is -2.53. The van der Waals surface area contributed by atoms with E-state index in [0.29, 0.717) is 30.6 Å². The van der Waals surface area contributed by atoms with Crippen LogP contribution >= 0.6 is 0 Å². The SMILES string of the molecule is CO[C@H]1C[C@@H](N(C)C(C)C)CC[C@H]1N1CC[C@H](Nc2ncnc3ccc(C(F)(F)F)cc23)C1=O. The largest absolute Gasteiger partial charge is 0.416 e. The Hall–Kier alpha value is -2.46. The predicted octanol–water partition coefficient (Wildman–Crippen LogP) is 3.94. The van der Waals surface area contributed by atoms with E-state index in [9.17, 15) is 18.0 Å². The second-order valence-electron chi connectivity index (χ2n) is 9.54. The zero-order valence-electron chi connectivity index (χ0n) is 20.0. The highest BCUT2D eigenvalue weighted by Crippen LogP contribution is 2.34. The number of amides is 1. The van der Waals surface area contributed by atoms with Crippen molar-refractivity contribution in [1.29, 1.82) is 0 Å². The Morgan fingerprint density at radius 3 is 2.65 bits per heavy atom. The number of hydrogen-bond donors (Lipinski definition) is 1. The van der Waals surface area contributed by atoms with E-state index in [4.69, 9.17) is 4.74 Å². The van der Waals surface area contributed by atoms with Crippen LogP contribution in [0.3, 0.4) is 0 Å². The molecule has 1 N–H and O–H groups in total. The van der Waals surface area contributed by atoms with Gasteiger partial charge in [-0.15, -0.1) is 0 Å². The van der Waals surface area contributed by atoms with Gasteiger partial charge in [0.05, 0.1) is 23.2 Å². The Bertz CT molecular complexity index is 1030. The van der Waals surface area contributed by atoms with E-state index in [2.05, 4.69) is 41.1 Å². The number of nitrogens with one attached hydrogen (secondary N) is 1. The molecule has 0 radical (unpaired) electrons. The Morgan fingerprint density at radius 2 is 1.97 bits per heavy atom. The van der Waals surface area contributed by atoms with E-state index in [1.54, 1.807) is 7.11 Å². The minimum absolute atomic E-state index is 0.0138. The van der Waals surface area contributed by atoms with Gasteiger partial charge in [-0.25, -0.2) is 9.97 Å². The first kappa shape index (κ1) is 24.7. The van der Waals surface area contributed by atoms with E-state index in [1.807, 2.05) is 4.90 Å². The van der Waals surface area contributed by atoms with Crippen LogP contribution in [-0.4, -0.2) is 76.6 Å². The lowest BCUT2D eigenvalue weighted by Gasteiger charge is -2.43. The molecule has 1 aliphatic carbocycles. The van der Waals surface area contributed by atoms with E-state index < -0.39 is 17.8 Å². The molecule has 2 aliphatic rings. The third-order valence-electron chi connectivity index (χ3n) is 7.34. The van der Waals surface area contributed by atoms with Crippen molar-refractivity contribution in [3.8, 4) is 0 Å². The van der Waals surface area contributed by atoms with Gasteiger partial charge in [-0.2, -0.15) is 13.2 Å². The average molecular weight is 480 g/mol. The molecule has 0 spiro atoms. The number of halogens is 3. The number of carbonyl (C=O) groups is 1. The number of nitrogens with zero attached hydrogens (tertiary/aromatic N) is 4. The summed E-state index contributed by atoms with van der Waals surface area (Å²) in [6.07, 6.45) is 0.000543. The third kappa shape index (κ3) is 4.84. The van der Waals surface area contributed by atoms with Gasteiger partial charge in [0.1, 0.15) is 18.2 Å². The molecule has 186 valence electrons. The van der Waals surface area contributed by atoms with Gasteiger partial charge in [0.15, 0.2) is 0 Å². The normalized spacial score (nSPS) is 26.1. The molecule has 1 aromatic carbocycles. The van der Waals surface area contributed by atoms with E-state index in [0.717, 1.165) is 31.4 Å². The predicted molar refractivity (Wildman–Crippen MR) is 123 cm³/mol. The minimum Gasteiger partial charge on any atom is -0.379 e. The molecule has 10 heteroatoms. The van der Waals surface area contributed by atoms with Gasteiger partial charge in [0.25, 0.3) is 0 Å². The first-order chi connectivity index (χ1) is 16.1. The van der Waals surface area contributed by atoms with Crippen LogP contribution in [0.2, 0.25) is 0 Å². The van der Waals surface area contributed by atoms with Crippen LogP contribution in [0.1, 0.15) is 45.1 Å². The van der Waals surface area contributed by atoms with Crippen LogP contribution in [0.5, 0.6) is 0 Å². The van der Waals surface area contributed by atoms with Gasteiger partial charge in [-0.3, -0.25) is 4.79 Å². The van der Waals surface area contributed by atoms with Crippen LogP contribution in [0.4, 0.5) is 19.0 Å². The molecule has 0 bridgehead atoms. The summed E-state index contributed by atoms with van der Waals surface area (Å²) < 4.78 is 45.5. The van der Waals surface area contributed by atoms with E-state index in [1.165, 1.54) is 12.4 Å². The number of alkyl halides is 3. The Kier molecular flexibility index (Phi) is 7.00. The minimum atomic E-state index is -4.47. The van der Waals surface area contributed by atoms with Crippen molar-refractivity contribution in [2.24, 2.45) is 0 Å². The number of anilines is 1. The Labute approximate surface area is 197 Å². The molecule has 4 rings (SSSR count). The molecule has 2 fully saturated rings. The average Bonchev–Trinajstić information content (AvgIpc) is 3.17. The summed E-state index contributed by atoms with van der Waals surface area (Å²) in [5.74, 6) is 0.170. The summed E-state index contributed by atoms with van der Waals surface area (Å²) >= 11 is 0. The maximum absolute atomic E-state index is 13.3. The summed E-state index contributed by atoms with van der Waals surface area (Å²) in [6, 6.07) is 3.62. The second-order valence-corrected chi connectivity index (χ2v) is 9.54. The highest BCUT2D eigenvalue weighted by Gasteiger charge is 2.43. The molecular weight excluding hydrogens is 447 g/mol. The van der Waals surface area contributed by atoms with Crippen LogP contribution in [-0.2, 0) is 15.7 Å². The highest BCUT2D eigenvalue weighted by molar-refractivity contribution is 5.93. The van der Waals surface area contributed by atoms with E-state index >= 15 is 0 Å². The number of fused-ring (bicyclic) bond motifs is 1. The second kappa shape index (κ2) is 9.65. The molecule has 1 aliphatic heterocycles. The summed E-state index contributed by atoms with van der Waals surface area (Å²) in [5, 5.41) is 3.34. The van der Waals surface area contributed by atoms with Gasteiger partial charge < -0.3 is 19.9 Å². The van der Waals surface area contributed by atoms with Crippen molar-refractivity contribution in [3.05, 3.63) is 30.1 Å². The van der Waals surface area contributed by atoms with Crippen molar-refractivity contribution >= 4 is 22.6 Å². The fourth-order valence-corrected chi connectivity index (χ4v) is 5.17. The molecule has 7 nitrogen and oxygen atoms in total. The van der Waals surface area contributed by atoms with E-state index in [-0.39, 0.29) is 29.3 Å². The van der Waals surface area contributed by atoms with Gasteiger partial charge >= 0.3 is 6.18 Å². The maximum atomic E-state index is 13.3. The summed E-state index contributed by atoms with van der Waals surface area (Å²) in [4.78, 5) is 25.8. The van der Waals surface area contributed by atoms with Crippen LogP contribution in [0.25, 0.3) is 10.9 Å². The van der Waals surface area contributed by atoms with Crippen molar-refractivity contribution in [1.82, 2.24) is 19.8 Å². The number of rotatable bonds is 6. The van der Waals surface area contributed by atoms with Crippen LogP contribution in [0, 0.1) is 0 Å². The zero-order chi connectivity index (χ0) is 24.6. The Balaban J connectivity index is 1.49. The lowest BCUT2D eigenvalue weighted by atomic mass is 9.86. The quantitative estimate of drug-likeness (QED) is 0.677. The molecule has 2 heterocycles. The van der Waals surface area contributed by atoms with Crippen molar-refractivity contribution in [2.45, 2.75) is 76.0 Å². The number of methoxy groups -OCH3 is 1. The fourth-order valence-electron chi connectivity index (χ4n) is 5.17. The summed E-state index contributed by atoms with van der Waals surface area (Å²) in [7, 11) is 3.82. The highest BCUT2D eigenvalue weighted by atomic mass is 19.4. The number of likely N-dealkylation sites (tertiary alicyclic amines) is 1. The van der Waals surface area contributed by atoms with Crippen LogP contribution < -0.4 is 5.32 Å². The molecular formula is C24H32F3N5O2. The first-order valence-corrected chi connectivity index (χ1v) is 11.7. The topological polar surface area (TPSA) is 70.6 Å². The molecule has 4 atom stereocenters. The van der Waals surface area contributed by atoms with Crippen molar-refractivity contribution in [3.63, 3.8) is 0 Å². The van der Waals surface area contributed by atoms with Gasteiger partial charge in [0, 0.05) is 31.1 Å². The maximum Gasteiger partial charge on any atom is 0.416 e. The molecule has 1 amide bonds. The molecule has 1 aromatic heterocycles. The molecule has 2 aromatic rings. The number of ether oxygens (including phenoxy) is 1. The zero-order valence-corrected chi connectivity index (χ0v) is 20.0. The van der Waals surface area contributed by atoms with Crippen molar-refractivity contribution in [2.75, 3.05) is 26.0 Å². The summed E-state index contributed by atoms with van der Waals surface area (Å²) in [5.41, 5.74) is -0.386. The number of aromatic nitrogens is 2. The molecule has 1 saturated heterocycles. The standard InChI is InChI=1S/C24H32F3N5O2/c1-14(2)31(3)16-6-8-20(21(12-16)34-4)32-10-9-19(23(32)33)30-22-17-11-15(24(25,26)27)5-7-18(17)28-13-29-22/h5,7,11,13-14,16,19-21H,6,8-10,12H2,1-4H3,(H,28,29,30)/t16-,19-,20+,21-/m0/s1. The molecule has 0 unspecified atom stereocenters. The van der Waals surface area contributed by atoms with Crippen LogP contribution in [0.15, 0.2) is 24.5 Å².